The quantitative estimate of drug-likeness (QED) is 0.221. The summed E-state index contributed by atoms with van der Waals surface area (Å²) in [6, 6.07) is 0. The van der Waals surface area contributed by atoms with Crippen molar-refractivity contribution in [3.05, 3.63) is 6.61 Å². The summed E-state index contributed by atoms with van der Waals surface area (Å²) >= 11 is 0. The average molecular weight is 312 g/mol. The van der Waals surface area contributed by atoms with E-state index in [0.29, 0.717) is 0 Å². The van der Waals surface area contributed by atoms with Gasteiger partial charge in [0.1, 0.15) is 0 Å². The Kier molecular flexibility index (Phi) is 20.9. The van der Waals surface area contributed by atoms with Gasteiger partial charge in [0.25, 0.3) is 0 Å². The van der Waals surface area contributed by atoms with Crippen LogP contribution in [0.4, 0.5) is 0 Å². The van der Waals surface area contributed by atoms with Gasteiger partial charge in [-0.3, -0.25) is 0 Å². The molecule has 0 fully saturated rings. The first kappa shape index (κ1) is 22.0. The second kappa shape index (κ2) is 21.0. The summed E-state index contributed by atoms with van der Waals surface area (Å²) in [6.07, 6.45) is 23.9. The average Bonchev–Trinajstić information content (AvgIpc) is 2.54. The van der Waals surface area contributed by atoms with Crippen molar-refractivity contribution in [3.8, 4) is 0 Å². The molecule has 0 saturated heterocycles. The summed E-state index contributed by atoms with van der Waals surface area (Å²) < 4.78 is 5.38. The number of unbranched alkanes of at least 4 members (excludes halogenated alkanes) is 15. The maximum atomic E-state index is 5.38. The first-order valence-electron chi connectivity index (χ1n) is 10.3. The number of rotatable bonds is 19. The Morgan fingerprint density at radius 3 is 1.23 bits per heavy atom. The molecular formula is C21H43O. The molecule has 0 amide bonds. The van der Waals surface area contributed by atoms with Gasteiger partial charge in [0.2, 0.25) is 0 Å². The second-order valence-electron chi connectivity index (χ2n) is 6.75. The van der Waals surface area contributed by atoms with Crippen LogP contribution in [0.2, 0.25) is 0 Å². The fourth-order valence-corrected chi connectivity index (χ4v) is 2.93. The summed E-state index contributed by atoms with van der Waals surface area (Å²) in [7, 11) is 0. The van der Waals surface area contributed by atoms with Crippen molar-refractivity contribution >= 4 is 0 Å². The molecule has 0 rings (SSSR count). The molecule has 0 unspecified atom stereocenters. The minimum absolute atomic E-state index is 0.923. The SMILES string of the molecule is CC[CH]OCCCCCCCCCCCCCCCCCC. The highest BCUT2D eigenvalue weighted by Gasteiger charge is 1.94. The summed E-state index contributed by atoms with van der Waals surface area (Å²) in [6.45, 7) is 7.26. The highest BCUT2D eigenvalue weighted by atomic mass is 16.5. The molecule has 0 aliphatic carbocycles. The lowest BCUT2D eigenvalue weighted by Gasteiger charge is -2.04. The Balaban J connectivity index is 2.91. The zero-order valence-corrected chi connectivity index (χ0v) is 15.7. The van der Waals surface area contributed by atoms with E-state index in [-0.39, 0.29) is 0 Å². The van der Waals surface area contributed by atoms with Crippen LogP contribution in [-0.4, -0.2) is 6.61 Å². The molecule has 0 aliphatic heterocycles. The molecule has 0 bridgehead atoms. The fraction of sp³-hybridized carbons (Fsp3) is 0.952. The van der Waals surface area contributed by atoms with E-state index in [4.69, 9.17) is 4.74 Å². The third-order valence-corrected chi connectivity index (χ3v) is 4.40. The Hall–Kier alpha value is -0.0400. The van der Waals surface area contributed by atoms with Gasteiger partial charge in [-0.15, -0.1) is 0 Å². The van der Waals surface area contributed by atoms with Crippen molar-refractivity contribution in [1.29, 1.82) is 0 Å². The molecule has 1 heteroatoms. The lowest BCUT2D eigenvalue weighted by Crippen LogP contribution is -1.91. The van der Waals surface area contributed by atoms with Crippen LogP contribution in [-0.2, 0) is 4.74 Å². The van der Waals surface area contributed by atoms with Crippen molar-refractivity contribution in [1.82, 2.24) is 0 Å². The van der Waals surface area contributed by atoms with Gasteiger partial charge in [0.15, 0.2) is 0 Å². The first-order chi connectivity index (χ1) is 10.9. The molecule has 0 N–H and O–H groups in total. The molecule has 0 heterocycles. The van der Waals surface area contributed by atoms with E-state index in [1.807, 2.05) is 6.61 Å². The van der Waals surface area contributed by atoms with Crippen molar-refractivity contribution < 1.29 is 4.74 Å². The van der Waals surface area contributed by atoms with Crippen molar-refractivity contribution in [2.45, 2.75) is 123 Å². The topological polar surface area (TPSA) is 9.23 Å². The number of ether oxygens (including phenoxy) is 1. The summed E-state index contributed by atoms with van der Waals surface area (Å²) in [4.78, 5) is 0. The lowest BCUT2D eigenvalue weighted by molar-refractivity contribution is 0.188. The summed E-state index contributed by atoms with van der Waals surface area (Å²) in [5, 5.41) is 0. The zero-order valence-electron chi connectivity index (χ0n) is 15.7. The second-order valence-corrected chi connectivity index (χ2v) is 6.75. The first-order valence-corrected chi connectivity index (χ1v) is 10.3. The zero-order chi connectivity index (χ0) is 16.1. The van der Waals surface area contributed by atoms with E-state index in [2.05, 4.69) is 13.8 Å². The monoisotopic (exact) mass is 311 g/mol. The van der Waals surface area contributed by atoms with Gasteiger partial charge in [0, 0.05) is 6.61 Å². The highest BCUT2D eigenvalue weighted by Crippen LogP contribution is 2.13. The molecule has 0 atom stereocenters. The van der Waals surface area contributed by atoms with E-state index in [1.165, 1.54) is 103 Å². The minimum atomic E-state index is 0.923. The maximum absolute atomic E-state index is 5.38. The van der Waals surface area contributed by atoms with Crippen LogP contribution < -0.4 is 0 Å². The van der Waals surface area contributed by atoms with E-state index in [0.717, 1.165) is 13.0 Å². The molecule has 0 aromatic heterocycles. The van der Waals surface area contributed by atoms with Crippen molar-refractivity contribution in [2.24, 2.45) is 0 Å². The molecule has 22 heavy (non-hydrogen) atoms. The van der Waals surface area contributed by atoms with Gasteiger partial charge in [-0.2, -0.15) is 0 Å². The van der Waals surface area contributed by atoms with E-state index >= 15 is 0 Å². The third-order valence-electron chi connectivity index (χ3n) is 4.40. The minimum Gasteiger partial charge on any atom is -0.376 e. The van der Waals surface area contributed by atoms with Crippen LogP contribution in [0.3, 0.4) is 0 Å². The largest absolute Gasteiger partial charge is 0.376 e. The van der Waals surface area contributed by atoms with E-state index in [1.54, 1.807) is 0 Å². The Bertz CT molecular complexity index is 159. The van der Waals surface area contributed by atoms with Gasteiger partial charge in [-0.1, -0.05) is 110 Å². The standard InChI is InChI=1S/C21H43O/c1-3-5-6-7-8-9-10-11-12-13-14-15-16-17-18-19-21-22-20-4-2/h20H,3-19,21H2,1-2H3. The molecule has 0 saturated carbocycles. The van der Waals surface area contributed by atoms with Gasteiger partial charge in [0.05, 0.1) is 6.61 Å². The number of hydrogen-bond donors (Lipinski definition) is 0. The van der Waals surface area contributed by atoms with Crippen molar-refractivity contribution in [3.63, 3.8) is 0 Å². The Morgan fingerprint density at radius 2 is 0.864 bits per heavy atom. The van der Waals surface area contributed by atoms with Gasteiger partial charge < -0.3 is 4.74 Å². The van der Waals surface area contributed by atoms with Gasteiger partial charge in [-0.25, -0.2) is 0 Å². The van der Waals surface area contributed by atoms with Crippen molar-refractivity contribution in [2.75, 3.05) is 6.61 Å². The fourth-order valence-electron chi connectivity index (χ4n) is 2.93. The summed E-state index contributed by atoms with van der Waals surface area (Å²) in [5.41, 5.74) is 0. The molecule has 0 aliphatic rings. The van der Waals surface area contributed by atoms with Crippen LogP contribution in [0.15, 0.2) is 0 Å². The van der Waals surface area contributed by atoms with Crippen LogP contribution in [0.1, 0.15) is 123 Å². The normalized spacial score (nSPS) is 11.2. The summed E-state index contributed by atoms with van der Waals surface area (Å²) in [5.74, 6) is 0. The molecule has 0 aromatic rings. The molecule has 1 nitrogen and oxygen atoms in total. The van der Waals surface area contributed by atoms with E-state index < -0.39 is 0 Å². The van der Waals surface area contributed by atoms with Crippen LogP contribution in [0.25, 0.3) is 0 Å². The van der Waals surface area contributed by atoms with Crippen LogP contribution >= 0.6 is 0 Å². The Morgan fingerprint density at radius 1 is 0.500 bits per heavy atom. The van der Waals surface area contributed by atoms with Gasteiger partial charge in [-0.05, 0) is 12.8 Å². The number of hydrogen-bond acceptors (Lipinski definition) is 1. The van der Waals surface area contributed by atoms with E-state index in [9.17, 15) is 0 Å². The molecule has 0 spiro atoms. The predicted octanol–water partition coefficient (Wildman–Crippen LogP) is 7.84. The van der Waals surface area contributed by atoms with Crippen LogP contribution in [0, 0.1) is 6.61 Å². The molecule has 1 radical (unpaired) electrons. The lowest BCUT2D eigenvalue weighted by atomic mass is 10.0. The smallest absolute Gasteiger partial charge is 0.0833 e. The Labute approximate surface area is 141 Å². The molecular weight excluding hydrogens is 268 g/mol. The third kappa shape index (κ3) is 20.0. The highest BCUT2D eigenvalue weighted by molar-refractivity contribution is 4.50. The van der Waals surface area contributed by atoms with Gasteiger partial charge >= 0.3 is 0 Å². The molecule has 133 valence electrons. The molecule has 0 aromatic carbocycles. The maximum Gasteiger partial charge on any atom is 0.0833 e. The predicted molar refractivity (Wildman–Crippen MR) is 100 cm³/mol. The van der Waals surface area contributed by atoms with Crippen LogP contribution in [0.5, 0.6) is 0 Å².